The summed E-state index contributed by atoms with van der Waals surface area (Å²) in [7, 11) is 0. The molecule has 0 saturated carbocycles. The van der Waals surface area contributed by atoms with E-state index in [9.17, 15) is 9.18 Å². The van der Waals surface area contributed by atoms with Gasteiger partial charge in [-0.05, 0) is 24.3 Å². The van der Waals surface area contributed by atoms with Crippen LogP contribution in [0.25, 0.3) is 5.65 Å². The molecule has 106 valence electrons. The van der Waals surface area contributed by atoms with Crippen molar-refractivity contribution in [2.45, 2.75) is 6.42 Å². The van der Waals surface area contributed by atoms with E-state index in [1.165, 1.54) is 12.3 Å². The van der Waals surface area contributed by atoms with E-state index in [1.807, 2.05) is 0 Å². The standard InChI is InChI=1S/C15H13FN4O/c16-12-1-2-14-19-13(10-20(14)9-12)5-8-18-15(21)11-3-6-17-7-4-11/h1-4,6-7,9-10H,5,8H2,(H,18,21). The van der Waals surface area contributed by atoms with Crippen LogP contribution in [-0.4, -0.2) is 26.8 Å². The molecule has 0 bridgehead atoms. The molecule has 0 fully saturated rings. The highest BCUT2D eigenvalue weighted by Gasteiger charge is 2.06. The van der Waals surface area contributed by atoms with E-state index < -0.39 is 0 Å². The predicted octanol–water partition coefficient (Wildman–Crippen LogP) is 1.84. The number of amides is 1. The van der Waals surface area contributed by atoms with Crippen LogP contribution >= 0.6 is 0 Å². The SMILES string of the molecule is O=C(NCCc1cn2cc(F)ccc2n1)c1ccncc1. The molecule has 0 aliphatic rings. The summed E-state index contributed by atoms with van der Waals surface area (Å²) >= 11 is 0. The average molecular weight is 284 g/mol. The van der Waals surface area contributed by atoms with Gasteiger partial charge in [0.15, 0.2) is 0 Å². The van der Waals surface area contributed by atoms with Crippen molar-refractivity contribution in [1.82, 2.24) is 19.7 Å². The van der Waals surface area contributed by atoms with Crippen LogP contribution < -0.4 is 5.32 Å². The minimum absolute atomic E-state index is 0.146. The minimum Gasteiger partial charge on any atom is -0.352 e. The molecule has 3 aromatic rings. The summed E-state index contributed by atoms with van der Waals surface area (Å²) in [6, 6.07) is 6.30. The molecule has 0 atom stereocenters. The zero-order chi connectivity index (χ0) is 14.7. The van der Waals surface area contributed by atoms with E-state index in [-0.39, 0.29) is 11.7 Å². The normalized spacial score (nSPS) is 10.7. The number of nitrogens with one attached hydrogen (secondary N) is 1. The lowest BCUT2D eigenvalue weighted by Gasteiger charge is -2.03. The molecule has 5 nitrogen and oxygen atoms in total. The Hall–Kier alpha value is -2.76. The molecular formula is C15H13FN4O. The Kier molecular flexibility index (Phi) is 3.59. The average Bonchev–Trinajstić information content (AvgIpc) is 2.89. The minimum atomic E-state index is -0.308. The maximum atomic E-state index is 13.1. The van der Waals surface area contributed by atoms with Gasteiger partial charge in [0.05, 0.1) is 5.69 Å². The Morgan fingerprint density at radius 1 is 1.19 bits per heavy atom. The maximum Gasteiger partial charge on any atom is 0.251 e. The summed E-state index contributed by atoms with van der Waals surface area (Å²) < 4.78 is 14.7. The first-order valence-corrected chi connectivity index (χ1v) is 6.54. The molecule has 0 radical (unpaired) electrons. The van der Waals surface area contributed by atoms with Crippen LogP contribution in [0.15, 0.2) is 49.1 Å². The van der Waals surface area contributed by atoms with Crippen molar-refractivity contribution in [2.24, 2.45) is 0 Å². The molecule has 3 aromatic heterocycles. The van der Waals surface area contributed by atoms with Crippen molar-refractivity contribution in [3.63, 3.8) is 0 Å². The Morgan fingerprint density at radius 3 is 2.81 bits per heavy atom. The molecule has 6 heteroatoms. The first-order chi connectivity index (χ1) is 10.2. The van der Waals surface area contributed by atoms with Crippen LogP contribution in [0.5, 0.6) is 0 Å². The quantitative estimate of drug-likeness (QED) is 0.795. The first kappa shape index (κ1) is 13.2. The molecule has 1 amide bonds. The van der Waals surface area contributed by atoms with E-state index in [2.05, 4.69) is 15.3 Å². The number of fused-ring (bicyclic) bond motifs is 1. The zero-order valence-electron chi connectivity index (χ0n) is 11.2. The maximum absolute atomic E-state index is 13.1. The molecular weight excluding hydrogens is 271 g/mol. The number of carbonyl (C=O) groups excluding carboxylic acids is 1. The van der Waals surface area contributed by atoms with Crippen molar-refractivity contribution in [2.75, 3.05) is 6.54 Å². The Labute approximate surface area is 120 Å². The van der Waals surface area contributed by atoms with Gasteiger partial charge in [0.1, 0.15) is 11.5 Å². The van der Waals surface area contributed by atoms with Crippen LogP contribution in [0.1, 0.15) is 16.1 Å². The second kappa shape index (κ2) is 5.70. The summed E-state index contributed by atoms with van der Waals surface area (Å²) in [6.45, 7) is 0.466. The molecule has 0 saturated heterocycles. The number of halogens is 1. The third-order valence-corrected chi connectivity index (χ3v) is 3.07. The van der Waals surface area contributed by atoms with Gasteiger partial charge in [0, 0.05) is 43.3 Å². The lowest BCUT2D eigenvalue weighted by Crippen LogP contribution is -2.25. The number of imidazole rings is 1. The van der Waals surface area contributed by atoms with E-state index in [0.29, 0.717) is 24.2 Å². The highest BCUT2D eigenvalue weighted by Crippen LogP contribution is 2.07. The number of carbonyl (C=O) groups is 1. The number of rotatable bonds is 4. The monoisotopic (exact) mass is 284 g/mol. The lowest BCUT2D eigenvalue weighted by molar-refractivity contribution is 0.0954. The van der Waals surface area contributed by atoms with E-state index in [4.69, 9.17) is 0 Å². The van der Waals surface area contributed by atoms with Crippen molar-refractivity contribution in [1.29, 1.82) is 0 Å². The fraction of sp³-hybridized carbons (Fsp3) is 0.133. The van der Waals surface area contributed by atoms with Gasteiger partial charge in [0.2, 0.25) is 0 Å². The molecule has 0 spiro atoms. The molecule has 0 aliphatic carbocycles. The van der Waals surface area contributed by atoms with Crippen molar-refractivity contribution in [3.8, 4) is 0 Å². The summed E-state index contributed by atoms with van der Waals surface area (Å²) in [5.74, 6) is -0.454. The van der Waals surface area contributed by atoms with Crippen molar-refractivity contribution < 1.29 is 9.18 Å². The molecule has 3 rings (SSSR count). The summed E-state index contributed by atoms with van der Waals surface area (Å²) in [5, 5.41) is 2.81. The molecule has 0 aromatic carbocycles. The van der Waals surface area contributed by atoms with Crippen LogP contribution in [0.4, 0.5) is 4.39 Å². The largest absolute Gasteiger partial charge is 0.352 e. The van der Waals surface area contributed by atoms with Gasteiger partial charge in [-0.1, -0.05) is 0 Å². The van der Waals surface area contributed by atoms with Gasteiger partial charge < -0.3 is 9.72 Å². The first-order valence-electron chi connectivity index (χ1n) is 6.54. The molecule has 3 heterocycles. The van der Waals surface area contributed by atoms with E-state index in [1.54, 1.807) is 41.2 Å². The Morgan fingerprint density at radius 2 is 2.00 bits per heavy atom. The fourth-order valence-corrected chi connectivity index (χ4v) is 2.05. The van der Waals surface area contributed by atoms with Crippen LogP contribution in [0.3, 0.4) is 0 Å². The second-order valence-corrected chi connectivity index (χ2v) is 4.59. The van der Waals surface area contributed by atoms with E-state index >= 15 is 0 Å². The third-order valence-electron chi connectivity index (χ3n) is 3.07. The molecule has 0 unspecified atom stereocenters. The number of nitrogens with zero attached hydrogens (tertiary/aromatic N) is 3. The predicted molar refractivity (Wildman–Crippen MR) is 75.4 cm³/mol. The Bertz CT molecular complexity index is 770. The van der Waals surface area contributed by atoms with Gasteiger partial charge in [-0.2, -0.15) is 0 Å². The zero-order valence-corrected chi connectivity index (χ0v) is 11.2. The number of hydrogen-bond donors (Lipinski definition) is 1. The van der Waals surface area contributed by atoms with Gasteiger partial charge in [-0.15, -0.1) is 0 Å². The van der Waals surface area contributed by atoms with Crippen LogP contribution in [0, 0.1) is 5.82 Å². The lowest BCUT2D eigenvalue weighted by atomic mass is 10.2. The van der Waals surface area contributed by atoms with Crippen LogP contribution in [0.2, 0.25) is 0 Å². The fourth-order valence-electron chi connectivity index (χ4n) is 2.05. The summed E-state index contributed by atoms with van der Waals surface area (Å²) in [5.41, 5.74) is 2.06. The van der Waals surface area contributed by atoms with Crippen LogP contribution in [-0.2, 0) is 6.42 Å². The van der Waals surface area contributed by atoms with Crippen molar-refractivity contribution >= 4 is 11.6 Å². The number of pyridine rings is 2. The van der Waals surface area contributed by atoms with E-state index in [0.717, 1.165) is 5.69 Å². The van der Waals surface area contributed by atoms with Gasteiger partial charge in [0.25, 0.3) is 5.91 Å². The molecule has 1 N–H and O–H groups in total. The smallest absolute Gasteiger partial charge is 0.251 e. The Balaban J connectivity index is 1.60. The van der Waals surface area contributed by atoms with Gasteiger partial charge >= 0.3 is 0 Å². The van der Waals surface area contributed by atoms with Crippen molar-refractivity contribution in [3.05, 3.63) is 66.1 Å². The molecule has 21 heavy (non-hydrogen) atoms. The highest BCUT2D eigenvalue weighted by molar-refractivity contribution is 5.93. The number of aromatic nitrogens is 3. The summed E-state index contributed by atoms with van der Waals surface area (Å²) in [4.78, 5) is 20.1. The number of hydrogen-bond acceptors (Lipinski definition) is 3. The van der Waals surface area contributed by atoms with Gasteiger partial charge in [-0.3, -0.25) is 9.78 Å². The highest BCUT2D eigenvalue weighted by atomic mass is 19.1. The summed E-state index contributed by atoms with van der Waals surface area (Å²) in [6.07, 6.45) is 6.87. The molecule has 0 aliphatic heterocycles. The third kappa shape index (κ3) is 3.05. The second-order valence-electron chi connectivity index (χ2n) is 4.59. The topological polar surface area (TPSA) is 59.3 Å². The van der Waals surface area contributed by atoms with Gasteiger partial charge in [-0.25, -0.2) is 9.37 Å².